The smallest absolute Gasteiger partial charge is 0.163 e. The molecule has 2 aromatic rings. The molecule has 0 aliphatic heterocycles. The lowest BCUT2D eigenvalue weighted by Crippen LogP contribution is -2.01. The molecular weight excluding hydrogens is 190 g/mol. The first-order chi connectivity index (χ1) is 7.16. The predicted octanol–water partition coefficient (Wildman–Crippen LogP) is 1.13. The Bertz CT molecular complexity index is 538. The molecule has 15 heavy (non-hydrogen) atoms. The number of hydrogen-bond acceptors (Lipinski definition) is 4. The van der Waals surface area contributed by atoms with Crippen molar-refractivity contribution in [2.45, 2.75) is 25.7 Å². The Labute approximate surface area is 87.3 Å². The molecule has 0 saturated heterocycles. The number of fused-ring (bicyclic) bond motifs is 1. The second-order valence-electron chi connectivity index (χ2n) is 4.15. The van der Waals surface area contributed by atoms with Crippen molar-refractivity contribution < 1.29 is 0 Å². The van der Waals surface area contributed by atoms with Crippen molar-refractivity contribution in [3.8, 4) is 0 Å². The van der Waals surface area contributed by atoms with Gasteiger partial charge in [-0.1, -0.05) is 0 Å². The Hall–Kier alpha value is -1.65. The van der Waals surface area contributed by atoms with Crippen LogP contribution in [0.15, 0.2) is 0 Å². The van der Waals surface area contributed by atoms with E-state index in [4.69, 9.17) is 5.73 Å². The van der Waals surface area contributed by atoms with Crippen LogP contribution in [0.25, 0.3) is 11.0 Å². The van der Waals surface area contributed by atoms with Gasteiger partial charge in [-0.3, -0.25) is 4.68 Å². The van der Waals surface area contributed by atoms with E-state index >= 15 is 0 Å². The number of anilines is 1. The largest absolute Gasteiger partial charge is 0.383 e. The second kappa shape index (κ2) is 2.68. The topological polar surface area (TPSA) is 69.6 Å². The van der Waals surface area contributed by atoms with Crippen molar-refractivity contribution >= 4 is 16.9 Å². The summed E-state index contributed by atoms with van der Waals surface area (Å²) in [6.07, 6.45) is 2.36. The Morgan fingerprint density at radius 3 is 2.73 bits per heavy atom. The van der Waals surface area contributed by atoms with Crippen molar-refractivity contribution in [3.63, 3.8) is 0 Å². The highest BCUT2D eigenvalue weighted by atomic mass is 15.3. The van der Waals surface area contributed by atoms with Crippen molar-refractivity contribution in [2.75, 3.05) is 5.73 Å². The molecule has 0 aromatic carbocycles. The van der Waals surface area contributed by atoms with Crippen LogP contribution in [0.5, 0.6) is 0 Å². The maximum Gasteiger partial charge on any atom is 0.163 e. The molecule has 0 atom stereocenters. The van der Waals surface area contributed by atoms with Crippen LogP contribution in [0.1, 0.15) is 30.3 Å². The summed E-state index contributed by atoms with van der Waals surface area (Å²) in [6.45, 7) is 1.93. The zero-order valence-corrected chi connectivity index (χ0v) is 8.86. The standard InChI is InChI=1S/C10H13N5/c1-5-7-8(11)12-9(6-3-4-6)13-10(7)15(2)14-5/h6H,3-4H2,1-2H3,(H2,11,12,13). The van der Waals surface area contributed by atoms with Crippen LogP contribution in [0.3, 0.4) is 0 Å². The molecule has 1 aliphatic carbocycles. The monoisotopic (exact) mass is 203 g/mol. The minimum absolute atomic E-state index is 0.520. The maximum absolute atomic E-state index is 5.93. The Morgan fingerprint density at radius 2 is 2.07 bits per heavy atom. The maximum atomic E-state index is 5.93. The van der Waals surface area contributed by atoms with Crippen LogP contribution in [-0.2, 0) is 7.05 Å². The highest BCUT2D eigenvalue weighted by Gasteiger charge is 2.28. The third-order valence-corrected chi connectivity index (χ3v) is 2.85. The first-order valence-corrected chi connectivity index (χ1v) is 5.13. The van der Waals surface area contributed by atoms with E-state index in [-0.39, 0.29) is 0 Å². The van der Waals surface area contributed by atoms with Gasteiger partial charge in [-0.2, -0.15) is 5.10 Å². The van der Waals surface area contributed by atoms with Crippen LogP contribution in [0, 0.1) is 6.92 Å². The van der Waals surface area contributed by atoms with Crippen LogP contribution in [-0.4, -0.2) is 19.7 Å². The van der Waals surface area contributed by atoms with Crippen molar-refractivity contribution in [3.05, 3.63) is 11.5 Å². The Balaban J connectivity index is 2.33. The number of nitrogens with two attached hydrogens (primary N) is 1. The summed E-state index contributed by atoms with van der Waals surface area (Å²) in [5.41, 5.74) is 7.68. The van der Waals surface area contributed by atoms with Gasteiger partial charge in [0.25, 0.3) is 0 Å². The second-order valence-corrected chi connectivity index (χ2v) is 4.15. The molecule has 1 fully saturated rings. The fraction of sp³-hybridized carbons (Fsp3) is 0.500. The average molecular weight is 203 g/mol. The van der Waals surface area contributed by atoms with Crippen molar-refractivity contribution in [1.29, 1.82) is 0 Å². The van der Waals surface area contributed by atoms with E-state index in [1.807, 2.05) is 14.0 Å². The molecule has 0 unspecified atom stereocenters. The van der Waals surface area contributed by atoms with Gasteiger partial charge in [0.1, 0.15) is 11.6 Å². The third-order valence-electron chi connectivity index (χ3n) is 2.85. The van der Waals surface area contributed by atoms with E-state index in [9.17, 15) is 0 Å². The van der Waals surface area contributed by atoms with Crippen molar-refractivity contribution in [2.24, 2.45) is 7.05 Å². The zero-order chi connectivity index (χ0) is 10.6. The molecule has 0 spiro atoms. The molecule has 0 radical (unpaired) electrons. The SMILES string of the molecule is Cc1nn(C)c2nc(C3CC3)nc(N)c12. The summed E-state index contributed by atoms with van der Waals surface area (Å²) in [4.78, 5) is 8.88. The van der Waals surface area contributed by atoms with Crippen LogP contribution >= 0.6 is 0 Å². The number of hydrogen-bond donors (Lipinski definition) is 1. The van der Waals surface area contributed by atoms with Crippen molar-refractivity contribution in [1.82, 2.24) is 19.7 Å². The molecule has 2 heterocycles. The minimum atomic E-state index is 0.520. The van der Waals surface area contributed by atoms with Gasteiger partial charge in [-0.05, 0) is 19.8 Å². The fourth-order valence-electron chi connectivity index (χ4n) is 1.91. The highest BCUT2D eigenvalue weighted by Crippen LogP contribution is 2.39. The van der Waals surface area contributed by atoms with Crippen LogP contribution < -0.4 is 5.73 Å². The van der Waals surface area contributed by atoms with E-state index in [0.717, 1.165) is 22.6 Å². The highest BCUT2D eigenvalue weighted by molar-refractivity contribution is 5.88. The van der Waals surface area contributed by atoms with Gasteiger partial charge < -0.3 is 5.73 Å². The summed E-state index contributed by atoms with van der Waals surface area (Å²) in [7, 11) is 1.89. The molecule has 5 nitrogen and oxygen atoms in total. The number of nitrogen functional groups attached to an aromatic ring is 1. The first-order valence-electron chi connectivity index (χ1n) is 5.13. The van der Waals surface area contributed by atoms with E-state index in [2.05, 4.69) is 15.1 Å². The average Bonchev–Trinajstić information content (AvgIpc) is 2.95. The molecule has 2 N–H and O–H groups in total. The van der Waals surface area contributed by atoms with Gasteiger partial charge >= 0.3 is 0 Å². The summed E-state index contributed by atoms with van der Waals surface area (Å²) in [5, 5.41) is 5.20. The van der Waals surface area contributed by atoms with Gasteiger partial charge in [0.15, 0.2) is 5.65 Å². The lowest BCUT2D eigenvalue weighted by molar-refractivity contribution is 0.768. The molecule has 1 saturated carbocycles. The van der Waals surface area contributed by atoms with Crippen LogP contribution in [0.2, 0.25) is 0 Å². The zero-order valence-electron chi connectivity index (χ0n) is 8.86. The lowest BCUT2D eigenvalue weighted by atomic mass is 10.3. The van der Waals surface area contributed by atoms with Gasteiger partial charge in [0, 0.05) is 13.0 Å². The lowest BCUT2D eigenvalue weighted by Gasteiger charge is -2.01. The quantitative estimate of drug-likeness (QED) is 0.754. The molecule has 0 bridgehead atoms. The summed E-state index contributed by atoms with van der Waals surface area (Å²) in [5.74, 6) is 1.96. The number of rotatable bonds is 1. The molecule has 3 rings (SSSR count). The van der Waals surface area contributed by atoms with E-state index < -0.39 is 0 Å². The summed E-state index contributed by atoms with van der Waals surface area (Å²) >= 11 is 0. The van der Waals surface area contributed by atoms with E-state index in [0.29, 0.717) is 11.7 Å². The Morgan fingerprint density at radius 1 is 1.33 bits per heavy atom. The van der Waals surface area contributed by atoms with Gasteiger partial charge in [-0.25, -0.2) is 9.97 Å². The molecular formula is C10H13N5. The summed E-state index contributed by atoms with van der Waals surface area (Å²) in [6, 6.07) is 0. The number of aryl methyl sites for hydroxylation is 2. The van der Waals surface area contributed by atoms with Gasteiger partial charge in [0.2, 0.25) is 0 Å². The number of aromatic nitrogens is 4. The molecule has 78 valence electrons. The number of nitrogens with zero attached hydrogens (tertiary/aromatic N) is 4. The van der Waals surface area contributed by atoms with Gasteiger partial charge in [-0.15, -0.1) is 0 Å². The molecule has 0 amide bonds. The molecule has 5 heteroatoms. The summed E-state index contributed by atoms with van der Waals surface area (Å²) < 4.78 is 1.77. The predicted molar refractivity (Wildman–Crippen MR) is 57.4 cm³/mol. The van der Waals surface area contributed by atoms with Gasteiger partial charge in [0.05, 0.1) is 11.1 Å². The normalized spacial score (nSPS) is 16.1. The first kappa shape index (κ1) is 8.64. The van der Waals surface area contributed by atoms with E-state index in [1.54, 1.807) is 4.68 Å². The molecule has 2 aromatic heterocycles. The third kappa shape index (κ3) is 1.19. The van der Waals surface area contributed by atoms with E-state index in [1.165, 1.54) is 12.8 Å². The Kier molecular flexibility index (Phi) is 1.55. The van der Waals surface area contributed by atoms with Crippen LogP contribution in [0.4, 0.5) is 5.82 Å². The minimum Gasteiger partial charge on any atom is -0.383 e. The fourth-order valence-corrected chi connectivity index (χ4v) is 1.91. The molecule has 1 aliphatic rings.